The molecule has 0 spiro atoms. The van der Waals surface area contributed by atoms with Crippen LogP contribution in [0.25, 0.3) is 11.3 Å². The second kappa shape index (κ2) is 6.35. The first-order valence-electron chi connectivity index (χ1n) is 7.94. The van der Waals surface area contributed by atoms with Crippen molar-refractivity contribution in [3.63, 3.8) is 0 Å². The third-order valence-electron chi connectivity index (χ3n) is 4.52. The van der Waals surface area contributed by atoms with Gasteiger partial charge < -0.3 is 21.2 Å². The quantitative estimate of drug-likeness (QED) is 0.450. The standard InChI is InChI=1S/C17H20N4O3/c18-14(22)17(7-2-1-3-8-17)15(23)24-12-6-4-5-11(9-12)13-10-20-16(19)21-13/h4-6,9-10H,1-3,7-8H2,(H2,18,22)(H3,19,20,21). The molecule has 0 radical (unpaired) electrons. The Morgan fingerprint density at radius 2 is 1.96 bits per heavy atom. The zero-order chi connectivity index (χ0) is 17.2. The van der Waals surface area contributed by atoms with E-state index in [2.05, 4.69) is 9.97 Å². The summed E-state index contributed by atoms with van der Waals surface area (Å²) in [6.45, 7) is 0. The van der Waals surface area contributed by atoms with E-state index < -0.39 is 17.3 Å². The molecule has 7 nitrogen and oxygen atoms in total. The monoisotopic (exact) mass is 328 g/mol. The van der Waals surface area contributed by atoms with Crippen molar-refractivity contribution >= 4 is 17.8 Å². The average molecular weight is 328 g/mol. The Morgan fingerprint density at radius 1 is 1.21 bits per heavy atom. The summed E-state index contributed by atoms with van der Waals surface area (Å²) in [5, 5.41) is 0. The molecule has 0 unspecified atom stereocenters. The number of nitrogens with zero attached hydrogens (tertiary/aromatic N) is 1. The fourth-order valence-corrected chi connectivity index (χ4v) is 3.12. The van der Waals surface area contributed by atoms with E-state index in [1.807, 2.05) is 6.07 Å². The van der Waals surface area contributed by atoms with Gasteiger partial charge in [0.25, 0.3) is 0 Å². The molecule has 0 aliphatic heterocycles. The maximum absolute atomic E-state index is 12.6. The molecule has 5 N–H and O–H groups in total. The minimum Gasteiger partial charge on any atom is -0.426 e. The molecule has 2 aromatic rings. The number of amides is 1. The summed E-state index contributed by atoms with van der Waals surface area (Å²) >= 11 is 0. The summed E-state index contributed by atoms with van der Waals surface area (Å²) in [7, 11) is 0. The van der Waals surface area contributed by atoms with E-state index in [0.29, 0.717) is 30.2 Å². The average Bonchev–Trinajstić information content (AvgIpc) is 3.02. The molecule has 7 heteroatoms. The predicted octanol–water partition coefficient (Wildman–Crippen LogP) is 2.00. The number of nitrogens with one attached hydrogen (secondary N) is 1. The highest BCUT2D eigenvalue weighted by Gasteiger charge is 2.46. The van der Waals surface area contributed by atoms with Crippen LogP contribution in [0.5, 0.6) is 5.75 Å². The lowest BCUT2D eigenvalue weighted by Gasteiger charge is -2.31. The first-order chi connectivity index (χ1) is 11.5. The maximum Gasteiger partial charge on any atom is 0.327 e. The van der Waals surface area contributed by atoms with Gasteiger partial charge in [0.05, 0.1) is 11.9 Å². The number of anilines is 1. The zero-order valence-electron chi connectivity index (χ0n) is 13.2. The van der Waals surface area contributed by atoms with Crippen molar-refractivity contribution in [2.75, 3.05) is 5.73 Å². The number of H-pyrrole nitrogens is 1. The van der Waals surface area contributed by atoms with Crippen LogP contribution in [-0.4, -0.2) is 21.8 Å². The normalized spacial score (nSPS) is 16.5. The number of nitrogens with two attached hydrogens (primary N) is 2. The number of carbonyl (C=O) groups excluding carboxylic acids is 2. The largest absolute Gasteiger partial charge is 0.426 e. The Hall–Kier alpha value is -2.83. The number of aromatic amines is 1. The van der Waals surface area contributed by atoms with Crippen molar-refractivity contribution in [2.24, 2.45) is 11.1 Å². The van der Waals surface area contributed by atoms with E-state index in [1.54, 1.807) is 24.4 Å². The highest BCUT2D eigenvalue weighted by Crippen LogP contribution is 2.38. The molecule has 126 valence electrons. The molecule has 3 rings (SSSR count). The Morgan fingerprint density at radius 3 is 2.58 bits per heavy atom. The molecule has 1 aromatic carbocycles. The van der Waals surface area contributed by atoms with E-state index >= 15 is 0 Å². The summed E-state index contributed by atoms with van der Waals surface area (Å²) in [5.41, 5.74) is 11.4. The number of nitrogen functional groups attached to an aromatic ring is 1. The second-order valence-corrected chi connectivity index (χ2v) is 6.11. The van der Waals surface area contributed by atoms with Gasteiger partial charge in [0.1, 0.15) is 11.2 Å². The van der Waals surface area contributed by atoms with Crippen LogP contribution in [0.1, 0.15) is 32.1 Å². The van der Waals surface area contributed by atoms with Crippen molar-refractivity contribution < 1.29 is 14.3 Å². The lowest BCUT2D eigenvalue weighted by atomic mass is 9.73. The molecule has 0 bridgehead atoms. The van der Waals surface area contributed by atoms with Crippen LogP contribution in [0.2, 0.25) is 0 Å². The first kappa shape index (κ1) is 16.0. The molecule has 24 heavy (non-hydrogen) atoms. The summed E-state index contributed by atoms with van der Waals surface area (Å²) in [5.74, 6) is -0.514. The summed E-state index contributed by atoms with van der Waals surface area (Å²) in [4.78, 5) is 31.4. The molecule has 1 aliphatic carbocycles. The SMILES string of the molecule is NC(=O)C1(C(=O)Oc2cccc(-c3cnc(N)[nH]3)c2)CCCCC1. The highest BCUT2D eigenvalue weighted by molar-refractivity contribution is 6.02. The van der Waals surface area contributed by atoms with E-state index in [-0.39, 0.29) is 0 Å². The van der Waals surface area contributed by atoms with Crippen LogP contribution in [0.4, 0.5) is 5.95 Å². The topological polar surface area (TPSA) is 124 Å². The number of esters is 1. The van der Waals surface area contributed by atoms with E-state index in [1.165, 1.54) is 0 Å². The van der Waals surface area contributed by atoms with Crippen LogP contribution in [0, 0.1) is 5.41 Å². The van der Waals surface area contributed by atoms with Crippen LogP contribution in [0.3, 0.4) is 0 Å². The molecular formula is C17H20N4O3. The summed E-state index contributed by atoms with van der Waals surface area (Å²) in [6, 6.07) is 6.96. The molecule has 0 atom stereocenters. The third kappa shape index (κ3) is 2.97. The van der Waals surface area contributed by atoms with Crippen molar-refractivity contribution in [3.05, 3.63) is 30.5 Å². The number of hydrogen-bond donors (Lipinski definition) is 3. The summed E-state index contributed by atoms with van der Waals surface area (Å²) in [6.07, 6.45) is 5.08. The number of primary amides is 1. The Balaban J connectivity index is 1.82. The lowest BCUT2D eigenvalue weighted by molar-refractivity contribution is -0.154. The zero-order valence-corrected chi connectivity index (χ0v) is 13.2. The number of rotatable bonds is 4. The molecular weight excluding hydrogens is 308 g/mol. The molecule has 1 aliphatic rings. The van der Waals surface area contributed by atoms with Crippen molar-refractivity contribution in [2.45, 2.75) is 32.1 Å². The van der Waals surface area contributed by atoms with Crippen molar-refractivity contribution in [3.8, 4) is 17.0 Å². The molecule has 1 aromatic heterocycles. The van der Waals surface area contributed by atoms with Gasteiger partial charge >= 0.3 is 5.97 Å². The smallest absolute Gasteiger partial charge is 0.327 e. The fraction of sp³-hybridized carbons (Fsp3) is 0.353. The van der Waals surface area contributed by atoms with Gasteiger partial charge in [-0.3, -0.25) is 9.59 Å². The highest BCUT2D eigenvalue weighted by atomic mass is 16.5. The number of ether oxygens (including phenoxy) is 1. The minimum atomic E-state index is -1.22. The van der Waals surface area contributed by atoms with Crippen LogP contribution in [0.15, 0.2) is 30.5 Å². The second-order valence-electron chi connectivity index (χ2n) is 6.11. The van der Waals surface area contributed by atoms with Gasteiger partial charge in [0.2, 0.25) is 5.91 Å². The van der Waals surface area contributed by atoms with Gasteiger partial charge in [0, 0.05) is 5.56 Å². The Kier molecular flexibility index (Phi) is 4.24. The van der Waals surface area contributed by atoms with Gasteiger partial charge in [-0.05, 0) is 25.0 Å². The van der Waals surface area contributed by atoms with Gasteiger partial charge in [0.15, 0.2) is 5.95 Å². The number of benzene rings is 1. The van der Waals surface area contributed by atoms with Crippen LogP contribution in [-0.2, 0) is 9.59 Å². The number of imidazole rings is 1. The van der Waals surface area contributed by atoms with Gasteiger partial charge in [-0.1, -0.05) is 31.4 Å². The van der Waals surface area contributed by atoms with Gasteiger partial charge in [-0.2, -0.15) is 0 Å². The predicted molar refractivity (Wildman–Crippen MR) is 88.8 cm³/mol. The maximum atomic E-state index is 12.6. The molecule has 1 amide bonds. The van der Waals surface area contributed by atoms with E-state index in [9.17, 15) is 9.59 Å². The van der Waals surface area contributed by atoms with Gasteiger partial charge in [-0.25, -0.2) is 4.98 Å². The lowest BCUT2D eigenvalue weighted by Crippen LogP contribution is -2.47. The third-order valence-corrected chi connectivity index (χ3v) is 4.52. The van der Waals surface area contributed by atoms with E-state index in [4.69, 9.17) is 16.2 Å². The fourth-order valence-electron chi connectivity index (χ4n) is 3.12. The van der Waals surface area contributed by atoms with Crippen molar-refractivity contribution in [1.82, 2.24) is 9.97 Å². The van der Waals surface area contributed by atoms with E-state index in [0.717, 1.165) is 24.8 Å². The minimum absolute atomic E-state index is 0.308. The van der Waals surface area contributed by atoms with Crippen LogP contribution < -0.4 is 16.2 Å². The summed E-state index contributed by atoms with van der Waals surface area (Å²) < 4.78 is 5.48. The first-order valence-corrected chi connectivity index (χ1v) is 7.94. The molecule has 0 saturated heterocycles. The number of aromatic nitrogens is 2. The Bertz CT molecular complexity index is 763. The Labute approximate surface area is 139 Å². The molecule has 1 heterocycles. The number of carbonyl (C=O) groups is 2. The van der Waals surface area contributed by atoms with Gasteiger partial charge in [-0.15, -0.1) is 0 Å². The molecule has 1 fully saturated rings. The number of hydrogen-bond acceptors (Lipinski definition) is 5. The van der Waals surface area contributed by atoms with Crippen LogP contribution >= 0.6 is 0 Å². The van der Waals surface area contributed by atoms with Crippen molar-refractivity contribution in [1.29, 1.82) is 0 Å². The molecule has 1 saturated carbocycles.